The van der Waals surface area contributed by atoms with Crippen LogP contribution < -0.4 is 9.47 Å². The SMILES string of the molecule is COc1cccc(OC)c1C(Br)Cc1ccccc1. The van der Waals surface area contributed by atoms with Gasteiger partial charge in [-0.1, -0.05) is 52.3 Å². The fourth-order valence-corrected chi connectivity index (χ4v) is 2.94. The van der Waals surface area contributed by atoms with E-state index in [1.54, 1.807) is 14.2 Å². The van der Waals surface area contributed by atoms with Crippen molar-refractivity contribution in [1.82, 2.24) is 0 Å². The summed E-state index contributed by atoms with van der Waals surface area (Å²) in [6.45, 7) is 0. The minimum Gasteiger partial charge on any atom is -0.496 e. The third-order valence-electron chi connectivity index (χ3n) is 3.04. The highest BCUT2D eigenvalue weighted by atomic mass is 79.9. The van der Waals surface area contributed by atoms with Crippen molar-refractivity contribution in [3.8, 4) is 11.5 Å². The zero-order chi connectivity index (χ0) is 13.7. The summed E-state index contributed by atoms with van der Waals surface area (Å²) in [4.78, 5) is 0.154. The molecule has 19 heavy (non-hydrogen) atoms. The summed E-state index contributed by atoms with van der Waals surface area (Å²) in [5.41, 5.74) is 2.33. The molecule has 0 heterocycles. The van der Waals surface area contributed by atoms with Crippen molar-refractivity contribution < 1.29 is 9.47 Å². The minimum atomic E-state index is 0.154. The van der Waals surface area contributed by atoms with E-state index in [1.165, 1.54) is 5.56 Å². The molecular formula is C16H17BrO2. The standard InChI is InChI=1S/C16H17BrO2/c1-18-14-9-6-10-15(19-2)16(14)13(17)11-12-7-4-3-5-8-12/h3-10,13H,11H2,1-2H3. The number of alkyl halides is 1. The molecule has 3 heteroatoms. The van der Waals surface area contributed by atoms with Crippen LogP contribution in [0.15, 0.2) is 48.5 Å². The molecule has 0 aliphatic rings. The molecule has 0 aliphatic carbocycles. The first kappa shape index (κ1) is 13.9. The summed E-state index contributed by atoms with van der Waals surface area (Å²) < 4.78 is 10.9. The van der Waals surface area contributed by atoms with Crippen LogP contribution in [0.2, 0.25) is 0 Å². The van der Waals surface area contributed by atoms with Crippen molar-refractivity contribution in [2.45, 2.75) is 11.2 Å². The van der Waals surface area contributed by atoms with Gasteiger partial charge in [-0.25, -0.2) is 0 Å². The molecule has 0 saturated heterocycles. The molecular weight excluding hydrogens is 304 g/mol. The van der Waals surface area contributed by atoms with Crippen molar-refractivity contribution >= 4 is 15.9 Å². The van der Waals surface area contributed by atoms with Crippen molar-refractivity contribution in [2.24, 2.45) is 0 Å². The van der Waals surface area contributed by atoms with Gasteiger partial charge in [0.15, 0.2) is 0 Å². The molecule has 0 fully saturated rings. The number of ether oxygens (including phenoxy) is 2. The summed E-state index contributed by atoms with van der Waals surface area (Å²) >= 11 is 3.75. The second-order valence-electron chi connectivity index (χ2n) is 4.23. The molecule has 2 nitrogen and oxygen atoms in total. The molecule has 0 amide bonds. The van der Waals surface area contributed by atoms with Crippen LogP contribution in [0.25, 0.3) is 0 Å². The summed E-state index contributed by atoms with van der Waals surface area (Å²) in [7, 11) is 3.36. The molecule has 0 spiro atoms. The van der Waals surface area contributed by atoms with Crippen LogP contribution in [0.5, 0.6) is 11.5 Å². The average Bonchev–Trinajstić information content (AvgIpc) is 2.47. The molecule has 2 rings (SSSR count). The van der Waals surface area contributed by atoms with Crippen LogP contribution in [0.4, 0.5) is 0 Å². The average molecular weight is 321 g/mol. The van der Waals surface area contributed by atoms with Gasteiger partial charge in [0.25, 0.3) is 0 Å². The molecule has 0 radical (unpaired) electrons. The smallest absolute Gasteiger partial charge is 0.126 e. The summed E-state index contributed by atoms with van der Waals surface area (Å²) in [5.74, 6) is 1.69. The Morgan fingerprint density at radius 3 is 2.00 bits per heavy atom. The molecule has 0 bridgehead atoms. The first-order valence-electron chi connectivity index (χ1n) is 6.15. The second kappa shape index (κ2) is 6.62. The van der Waals surface area contributed by atoms with E-state index in [4.69, 9.17) is 9.47 Å². The predicted molar refractivity (Wildman–Crippen MR) is 81.4 cm³/mol. The Bertz CT molecular complexity index is 503. The first-order chi connectivity index (χ1) is 9.26. The van der Waals surface area contributed by atoms with Crippen LogP contribution in [0, 0.1) is 0 Å². The van der Waals surface area contributed by atoms with Gasteiger partial charge in [0, 0.05) is 0 Å². The van der Waals surface area contributed by atoms with Crippen LogP contribution in [-0.2, 0) is 6.42 Å². The van der Waals surface area contributed by atoms with Gasteiger partial charge in [0.1, 0.15) is 11.5 Å². The number of hydrogen-bond donors (Lipinski definition) is 0. The summed E-state index contributed by atoms with van der Waals surface area (Å²) in [5, 5.41) is 0. The van der Waals surface area contributed by atoms with Crippen LogP contribution in [0.1, 0.15) is 16.0 Å². The number of rotatable bonds is 5. The van der Waals surface area contributed by atoms with E-state index in [-0.39, 0.29) is 4.83 Å². The Labute approximate surface area is 122 Å². The maximum absolute atomic E-state index is 5.44. The van der Waals surface area contributed by atoms with Gasteiger partial charge in [-0.15, -0.1) is 0 Å². The van der Waals surface area contributed by atoms with E-state index >= 15 is 0 Å². The predicted octanol–water partition coefficient (Wildman–Crippen LogP) is 4.38. The maximum atomic E-state index is 5.44. The third kappa shape index (κ3) is 3.29. The minimum absolute atomic E-state index is 0.154. The Kier molecular flexibility index (Phi) is 4.86. The molecule has 0 saturated carbocycles. The lowest BCUT2D eigenvalue weighted by atomic mass is 10.0. The topological polar surface area (TPSA) is 18.5 Å². The lowest BCUT2D eigenvalue weighted by Gasteiger charge is -2.17. The van der Waals surface area contributed by atoms with Gasteiger partial charge in [-0.3, -0.25) is 0 Å². The van der Waals surface area contributed by atoms with Crippen molar-refractivity contribution in [3.05, 3.63) is 59.7 Å². The summed E-state index contributed by atoms with van der Waals surface area (Å²) in [6.07, 6.45) is 0.886. The van der Waals surface area contributed by atoms with Gasteiger partial charge < -0.3 is 9.47 Å². The van der Waals surface area contributed by atoms with Crippen LogP contribution >= 0.6 is 15.9 Å². The Morgan fingerprint density at radius 2 is 1.47 bits per heavy atom. The molecule has 100 valence electrons. The number of benzene rings is 2. The van der Waals surface area contributed by atoms with Gasteiger partial charge in [0.2, 0.25) is 0 Å². The summed E-state index contributed by atoms with van der Waals surface area (Å²) in [6, 6.07) is 16.2. The van der Waals surface area contributed by atoms with E-state index < -0.39 is 0 Å². The van der Waals surface area contributed by atoms with Gasteiger partial charge in [-0.2, -0.15) is 0 Å². The molecule has 0 aliphatic heterocycles. The maximum Gasteiger partial charge on any atom is 0.126 e. The molecule has 0 aromatic heterocycles. The lowest BCUT2D eigenvalue weighted by Crippen LogP contribution is -2.01. The Morgan fingerprint density at radius 1 is 0.895 bits per heavy atom. The fraction of sp³-hybridized carbons (Fsp3) is 0.250. The molecule has 0 N–H and O–H groups in total. The fourth-order valence-electron chi connectivity index (χ4n) is 2.11. The highest BCUT2D eigenvalue weighted by Crippen LogP contribution is 2.40. The molecule has 1 unspecified atom stereocenters. The second-order valence-corrected chi connectivity index (χ2v) is 5.34. The van der Waals surface area contributed by atoms with E-state index in [9.17, 15) is 0 Å². The number of hydrogen-bond acceptors (Lipinski definition) is 2. The molecule has 2 aromatic rings. The number of halogens is 1. The van der Waals surface area contributed by atoms with E-state index in [1.807, 2.05) is 24.3 Å². The van der Waals surface area contributed by atoms with Crippen molar-refractivity contribution in [2.75, 3.05) is 14.2 Å². The number of methoxy groups -OCH3 is 2. The zero-order valence-corrected chi connectivity index (χ0v) is 12.7. The van der Waals surface area contributed by atoms with E-state index in [2.05, 4.69) is 40.2 Å². The van der Waals surface area contributed by atoms with Crippen LogP contribution in [-0.4, -0.2) is 14.2 Å². The highest BCUT2D eigenvalue weighted by Gasteiger charge is 2.18. The Hall–Kier alpha value is -1.48. The first-order valence-corrected chi connectivity index (χ1v) is 7.06. The zero-order valence-electron chi connectivity index (χ0n) is 11.1. The van der Waals surface area contributed by atoms with Crippen molar-refractivity contribution in [3.63, 3.8) is 0 Å². The Balaban J connectivity index is 2.30. The quantitative estimate of drug-likeness (QED) is 0.761. The highest BCUT2D eigenvalue weighted by molar-refractivity contribution is 9.09. The monoisotopic (exact) mass is 320 g/mol. The normalized spacial score (nSPS) is 11.9. The third-order valence-corrected chi connectivity index (χ3v) is 3.82. The van der Waals surface area contributed by atoms with Crippen LogP contribution in [0.3, 0.4) is 0 Å². The van der Waals surface area contributed by atoms with Gasteiger partial charge in [0.05, 0.1) is 24.6 Å². The largest absolute Gasteiger partial charge is 0.496 e. The van der Waals surface area contributed by atoms with E-state index in [0.717, 1.165) is 23.5 Å². The molecule has 2 aromatic carbocycles. The van der Waals surface area contributed by atoms with Gasteiger partial charge in [-0.05, 0) is 24.1 Å². The van der Waals surface area contributed by atoms with Gasteiger partial charge >= 0.3 is 0 Å². The lowest BCUT2D eigenvalue weighted by molar-refractivity contribution is 0.385. The van der Waals surface area contributed by atoms with E-state index in [0.29, 0.717) is 0 Å². The molecule has 1 atom stereocenters. The van der Waals surface area contributed by atoms with Crippen molar-refractivity contribution in [1.29, 1.82) is 0 Å².